The van der Waals surface area contributed by atoms with E-state index in [1.165, 1.54) is 33.6 Å². The molecule has 1 amide bonds. The van der Waals surface area contributed by atoms with Gasteiger partial charge in [0.1, 0.15) is 0 Å². The lowest BCUT2D eigenvalue weighted by Gasteiger charge is -2.32. The molecule has 1 atom stereocenters. The molecule has 0 aliphatic heterocycles. The first-order valence-electron chi connectivity index (χ1n) is 13.8. The number of hydrogen-bond acceptors (Lipinski definition) is 4. The maximum Gasteiger partial charge on any atom is 0.411 e. The van der Waals surface area contributed by atoms with Crippen molar-refractivity contribution in [3.05, 3.63) is 86.6 Å². The van der Waals surface area contributed by atoms with Gasteiger partial charge < -0.3 is 9.47 Å². The molecule has 0 saturated heterocycles. The molecule has 0 bridgehead atoms. The third-order valence-corrected chi connectivity index (χ3v) is 9.29. The Balaban J connectivity index is 1.82. The number of aryl methyl sites for hydroxylation is 3. The van der Waals surface area contributed by atoms with E-state index < -0.39 is 6.09 Å². The summed E-state index contributed by atoms with van der Waals surface area (Å²) in [6, 6.07) is 19.2. The van der Waals surface area contributed by atoms with Crippen molar-refractivity contribution in [1.82, 2.24) is 0 Å². The van der Waals surface area contributed by atoms with Crippen molar-refractivity contribution >= 4 is 23.1 Å². The molecule has 4 nitrogen and oxygen atoms in total. The van der Waals surface area contributed by atoms with Gasteiger partial charge in [0.05, 0.1) is 19.8 Å². The molecular weight excluding hydrogens is 490 g/mol. The number of nitrogens with one attached hydrogen (secondary N) is 1. The molecule has 3 aromatic rings. The summed E-state index contributed by atoms with van der Waals surface area (Å²) in [5.41, 5.74) is 5.71. The van der Waals surface area contributed by atoms with E-state index in [1.807, 2.05) is 30.4 Å². The summed E-state index contributed by atoms with van der Waals surface area (Å²) < 4.78 is 11.2. The van der Waals surface area contributed by atoms with Crippen molar-refractivity contribution in [2.45, 2.75) is 92.3 Å². The number of thiophene rings is 1. The van der Waals surface area contributed by atoms with Crippen LogP contribution in [-0.2, 0) is 27.9 Å². The highest BCUT2D eigenvalue weighted by Gasteiger charge is 2.34. The molecule has 2 aromatic carbocycles. The molecule has 3 rings (SSSR count). The van der Waals surface area contributed by atoms with Gasteiger partial charge in [-0.15, -0.1) is 11.3 Å². The van der Waals surface area contributed by atoms with E-state index in [4.69, 9.17) is 9.47 Å². The summed E-state index contributed by atoms with van der Waals surface area (Å²) >= 11 is 1.96. The van der Waals surface area contributed by atoms with Crippen LogP contribution in [0.3, 0.4) is 0 Å². The van der Waals surface area contributed by atoms with Crippen LogP contribution in [-0.4, -0.2) is 19.3 Å². The Bertz CT molecular complexity index is 1190. The first kappa shape index (κ1) is 29.9. The molecule has 0 saturated carbocycles. The van der Waals surface area contributed by atoms with E-state index >= 15 is 0 Å². The number of ether oxygens (including phenoxy) is 2. The van der Waals surface area contributed by atoms with Gasteiger partial charge in [-0.3, -0.25) is 5.32 Å². The highest BCUT2D eigenvalue weighted by molar-refractivity contribution is 7.12. The van der Waals surface area contributed by atoms with Gasteiger partial charge in [-0.25, -0.2) is 4.79 Å². The Morgan fingerprint density at radius 2 is 1.66 bits per heavy atom. The second kappa shape index (κ2) is 12.9. The first-order valence-corrected chi connectivity index (χ1v) is 14.6. The summed E-state index contributed by atoms with van der Waals surface area (Å²) in [6.07, 6.45) is 3.76. The standard InChI is InChI=1S/C33H45NO3S/c1-9-33(10-2,26-16-17-27(23(3)20-26)34-31(35)36-8)30-21-24(4)28(38-30)18-19-29(32(5,6)7)37-22-25-14-12-11-13-15-25/h11-17,20-21,29H,9-10,18-19,22H2,1-8H3,(H,34,35). The lowest BCUT2D eigenvalue weighted by atomic mass is 9.74. The number of benzene rings is 2. The number of hydrogen-bond donors (Lipinski definition) is 1. The summed E-state index contributed by atoms with van der Waals surface area (Å²) in [4.78, 5) is 14.6. The number of carbonyl (C=O) groups is 1. The van der Waals surface area contributed by atoms with Gasteiger partial charge in [0.2, 0.25) is 0 Å². The maximum absolute atomic E-state index is 11.7. The lowest BCUT2D eigenvalue weighted by Crippen LogP contribution is -2.29. The Kier molecular flexibility index (Phi) is 10.2. The number of rotatable bonds is 11. The first-order chi connectivity index (χ1) is 18.0. The molecule has 5 heteroatoms. The van der Waals surface area contributed by atoms with E-state index in [2.05, 4.69) is 89.3 Å². The lowest BCUT2D eigenvalue weighted by molar-refractivity contribution is -0.0325. The molecule has 206 valence electrons. The van der Waals surface area contributed by atoms with Crippen LogP contribution < -0.4 is 5.32 Å². The van der Waals surface area contributed by atoms with Gasteiger partial charge in [0.15, 0.2) is 0 Å². The molecular formula is C33H45NO3S. The molecule has 1 heterocycles. The highest BCUT2D eigenvalue weighted by Crippen LogP contribution is 2.44. The summed E-state index contributed by atoms with van der Waals surface area (Å²) in [7, 11) is 1.38. The van der Waals surface area contributed by atoms with Gasteiger partial charge in [-0.1, -0.05) is 77.1 Å². The molecule has 0 spiro atoms. The number of amides is 1. The topological polar surface area (TPSA) is 47.6 Å². The van der Waals surface area contributed by atoms with E-state index in [-0.39, 0.29) is 16.9 Å². The van der Waals surface area contributed by atoms with Crippen molar-refractivity contribution in [2.75, 3.05) is 12.4 Å². The van der Waals surface area contributed by atoms with Crippen LogP contribution in [0.4, 0.5) is 10.5 Å². The molecule has 38 heavy (non-hydrogen) atoms. The monoisotopic (exact) mass is 535 g/mol. The van der Waals surface area contributed by atoms with Crippen LogP contribution in [0.25, 0.3) is 0 Å². The third kappa shape index (κ3) is 7.06. The van der Waals surface area contributed by atoms with Crippen molar-refractivity contribution in [3.8, 4) is 0 Å². The van der Waals surface area contributed by atoms with Crippen molar-refractivity contribution in [3.63, 3.8) is 0 Å². The Labute approximate surface area is 233 Å². The van der Waals surface area contributed by atoms with Crippen LogP contribution >= 0.6 is 11.3 Å². The van der Waals surface area contributed by atoms with E-state index in [0.717, 1.165) is 36.9 Å². The largest absolute Gasteiger partial charge is 0.453 e. The van der Waals surface area contributed by atoms with E-state index in [1.54, 1.807) is 0 Å². The normalized spacial score (nSPS) is 12.8. The van der Waals surface area contributed by atoms with Crippen LogP contribution in [0.1, 0.15) is 85.9 Å². The van der Waals surface area contributed by atoms with Crippen molar-refractivity contribution in [1.29, 1.82) is 0 Å². The third-order valence-electron chi connectivity index (χ3n) is 7.79. The number of carbonyl (C=O) groups excluding carboxylic acids is 1. The highest BCUT2D eigenvalue weighted by atomic mass is 32.1. The average molecular weight is 536 g/mol. The Morgan fingerprint density at radius 3 is 2.24 bits per heavy atom. The van der Waals surface area contributed by atoms with Crippen LogP contribution in [0, 0.1) is 19.3 Å². The summed E-state index contributed by atoms with van der Waals surface area (Å²) in [5, 5.41) is 2.82. The maximum atomic E-state index is 11.7. The minimum atomic E-state index is -0.446. The fraction of sp³-hybridized carbons (Fsp3) is 0.485. The molecule has 0 aliphatic rings. The molecule has 0 fully saturated rings. The second-order valence-corrected chi connectivity index (χ2v) is 12.5. The predicted octanol–water partition coefficient (Wildman–Crippen LogP) is 9.21. The molecule has 1 unspecified atom stereocenters. The second-order valence-electron chi connectivity index (χ2n) is 11.3. The molecule has 0 aliphatic carbocycles. The van der Waals surface area contributed by atoms with Gasteiger partial charge in [0.25, 0.3) is 0 Å². The van der Waals surface area contributed by atoms with Crippen LogP contribution in [0.5, 0.6) is 0 Å². The molecule has 1 aromatic heterocycles. The minimum absolute atomic E-state index is 0.0600. The molecule has 1 N–H and O–H groups in total. The summed E-state index contributed by atoms with van der Waals surface area (Å²) in [5.74, 6) is 0. The van der Waals surface area contributed by atoms with Gasteiger partial charge in [-0.2, -0.15) is 0 Å². The molecule has 0 radical (unpaired) electrons. The van der Waals surface area contributed by atoms with Crippen molar-refractivity contribution in [2.24, 2.45) is 5.41 Å². The average Bonchev–Trinajstić information content (AvgIpc) is 3.26. The van der Waals surface area contributed by atoms with Crippen LogP contribution in [0.2, 0.25) is 0 Å². The zero-order valence-electron chi connectivity index (χ0n) is 24.4. The number of methoxy groups -OCH3 is 1. The number of anilines is 1. The minimum Gasteiger partial charge on any atom is -0.453 e. The van der Waals surface area contributed by atoms with Gasteiger partial charge in [0, 0.05) is 20.9 Å². The Hall–Kier alpha value is -2.63. The summed E-state index contributed by atoms with van der Waals surface area (Å²) in [6.45, 7) is 16.3. The smallest absolute Gasteiger partial charge is 0.411 e. The quantitative estimate of drug-likeness (QED) is 0.266. The van der Waals surface area contributed by atoms with Gasteiger partial charge >= 0.3 is 6.09 Å². The predicted molar refractivity (Wildman–Crippen MR) is 160 cm³/mol. The van der Waals surface area contributed by atoms with Gasteiger partial charge in [-0.05, 0) is 79.3 Å². The van der Waals surface area contributed by atoms with Crippen molar-refractivity contribution < 1.29 is 14.3 Å². The zero-order valence-corrected chi connectivity index (χ0v) is 25.3. The SMILES string of the molecule is CCC(CC)(c1ccc(NC(=O)OC)c(C)c1)c1cc(C)c(CCC(OCc2ccccc2)C(C)(C)C)s1. The fourth-order valence-corrected chi connectivity index (χ4v) is 6.76. The Morgan fingerprint density at radius 1 is 0.974 bits per heavy atom. The zero-order chi connectivity index (χ0) is 27.9. The fourth-order valence-electron chi connectivity index (χ4n) is 5.21. The van der Waals surface area contributed by atoms with Crippen LogP contribution in [0.15, 0.2) is 54.6 Å². The van der Waals surface area contributed by atoms with E-state index in [9.17, 15) is 4.79 Å². The van der Waals surface area contributed by atoms with E-state index in [0.29, 0.717) is 6.61 Å².